The number of thioether (sulfide) groups is 1. The van der Waals surface area contributed by atoms with Crippen molar-refractivity contribution in [2.24, 2.45) is 0 Å². The smallest absolute Gasteiger partial charge is 0.258 e. The molecule has 1 N–H and O–H groups in total. The zero-order valence-corrected chi connectivity index (χ0v) is 19.4. The van der Waals surface area contributed by atoms with E-state index in [2.05, 4.69) is 20.4 Å². The minimum absolute atomic E-state index is 0.225. The van der Waals surface area contributed by atoms with Gasteiger partial charge in [0.15, 0.2) is 11.0 Å². The fourth-order valence-corrected chi connectivity index (χ4v) is 5.14. The molecule has 31 heavy (non-hydrogen) atoms. The number of nitrogens with one attached hydrogen (secondary N) is 1. The number of carbonyl (C=O) groups is 1. The van der Waals surface area contributed by atoms with E-state index < -0.39 is 0 Å². The molecule has 0 fully saturated rings. The number of anilines is 1. The Hall–Kier alpha value is -2.39. The summed E-state index contributed by atoms with van der Waals surface area (Å²) < 4.78 is 5.14. The molecule has 10 heteroatoms. The SMILES string of the molecule is Cc1noc(CSc2ccccc2C(=O)Nc2ncc(Cc3cc(Cl)cc(Cl)c3)s2)n1. The first-order valence-corrected chi connectivity index (χ1v) is 11.7. The first-order valence-electron chi connectivity index (χ1n) is 9.18. The van der Waals surface area contributed by atoms with Gasteiger partial charge in [0.05, 0.1) is 11.3 Å². The summed E-state index contributed by atoms with van der Waals surface area (Å²) in [5, 5.41) is 8.37. The molecule has 2 heterocycles. The van der Waals surface area contributed by atoms with E-state index >= 15 is 0 Å². The number of benzene rings is 2. The van der Waals surface area contributed by atoms with Gasteiger partial charge in [0, 0.05) is 32.4 Å². The Morgan fingerprint density at radius 1 is 1.19 bits per heavy atom. The van der Waals surface area contributed by atoms with Crippen LogP contribution in [-0.4, -0.2) is 21.0 Å². The molecule has 2 aromatic heterocycles. The molecule has 0 saturated carbocycles. The van der Waals surface area contributed by atoms with Crippen LogP contribution in [0.1, 0.15) is 32.5 Å². The van der Waals surface area contributed by atoms with Crippen molar-refractivity contribution in [2.45, 2.75) is 24.0 Å². The standard InChI is InChI=1S/C21H16Cl2N4O2S2/c1-12-25-19(29-27-12)11-30-18-5-3-2-4-17(18)20(28)26-21-24-10-16(31-21)8-13-6-14(22)9-15(23)7-13/h2-7,9-10H,8,11H2,1H3,(H,24,26,28). The van der Waals surface area contributed by atoms with Crippen LogP contribution in [0, 0.1) is 6.92 Å². The molecular formula is C21H16Cl2N4O2S2. The molecule has 4 rings (SSSR count). The molecule has 2 aromatic carbocycles. The number of rotatable bonds is 7. The molecular weight excluding hydrogens is 475 g/mol. The Labute approximate surface area is 197 Å². The molecule has 0 aliphatic rings. The fraction of sp³-hybridized carbons (Fsp3) is 0.143. The number of halogens is 2. The number of hydrogen-bond acceptors (Lipinski definition) is 7. The first-order chi connectivity index (χ1) is 15.0. The number of thiazole rings is 1. The van der Waals surface area contributed by atoms with E-state index in [1.165, 1.54) is 23.1 Å². The highest BCUT2D eigenvalue weighted by Gasteiger charge is 2.15. The van der Waals surface area contributed by atoms with Gasteiger partial charge in [-0.25, -0.2) is 4.98 Å². The van der Waals surface area contributed by atoms with Gasteiger partial charge in [0.2, 0.25) is 5.89 Å². The second-order valence-corrected chi connectivity index (χ2v) is 9.57. The first kappa shape index (κ1) is 21.8. The number of carbonyl (C=O) groups excluding carboxylic acids is 1. The lowest BCUT2D eigenvalue weighted by Crippen LogP contribution is -2.12. The summed E-state index contributed by atoms with van der Waals surface area (Å²) in [6, 6.07) is 12.8. The molecule has 0 spiro atoms. The van der Waals surface area contributed by atoms with Crippen molar-refractivity contribution in [1.29, 1.82) is 0 Å². The number of hydrogen-bond donors (Lipinski definition) is 1. The zero-order chi connectivity index (χ0) is 21.8. The topological polar surface area (TPSA) is 80.9 Å². The number of aryl methyl sites for hydroxylation is 1. The van der Waals surface area contributed by atoms with E-state index in [0.717, 1.165) is 15.3 Å². The Balaban J connectivity index is 1.43. The summed E-state index contributed by atoms with van der Waals surface area (Å²) in [5.74, 6) is 1.36. The van der Waals surface area contributed by atoms with Crippen molar-refractivity contribution in [3.63, 3.8) is 0 Å². The Morgan fingerprint density at radius 2 is 1.97 bits per heavy atom. The van der Waals surface area contributed by atoms with Gasteiger partial charge in [0.25, 0.3) is 5.91 Å². The van der Waals surface area contributed by atoms with Crippen molar-refractivity contribution in [2.75, 3.05) is 5.32 Å². The van der Waals surface area contributed by atoms with Crippen molar-refractivity contribution in [3.05, 3.63) is 86.4 Å². The lowest BCUT2D eigenvalue weighted by molar-refractivity contribution is 0.102. The van der Waals surface area contributed by atoms with Crippen molar-refractivity contribution in [1.82, 2.24) is 15.1 Å². The normalized spacial score (nSPS) is 10.9. The molecule has 0 aliphatic heterocycles. The van der Waals surface area contributed by atoms with Crippen LogP contribution < -0.4 is 5.32 Å². The Morgan fingerprint density at radius 3 is 2.71 bits per heavy atom. The lowest BCUT2D eigenvalue weighted by Gasteiger charge is -2.07. The predicted molar refractivity (Wildman–Crippen MR) is 124 cm³/mol. The second kappa shape index (κ2) is 9.82. The van der Waals surface area contributed by atoms with Crippen molar-refractivity contribution in [3.8, 4) is 0 Å². The van der Waals surface area contributed by atoms with E-state index in [0.29, 0.717) is 44.6 Å². The number of amides is 1. The third kappa shape index (κ3) is 5.86. The monoisotopic (exact) mass is 490 g/mol. The van der Waals surface area contributed by atoms with Gasteiger partial charge < -0.3 is 4.52 Å². The fourth-order valence-electron chi connectivity index (χ4n) is 2.84. The molecule has 0 atom stereocenters. The molecule has 0 aliphatic carbocycles. The van der Waals surface area contributed by atoms with Crippen LogP contribution in [-0.2, 0) is 12.2 Å². The van der Waals surface area contributed by atoms with Crippen LogP contribution in [0.25, 0.3) is 0 Å². The second-order valence-electron chi connectivity index (χ2n) is 6.56. The van der Waals surface area contributed by atoms with Gasteiger partial charge in [-0.2, -0.15) is 4.98 Å². The van der Waals surface area contributed by atoms with E-state index in [9.17, 15) is 4.79 Å². The van der Waals surface area contributed by atoms with Crippen LogP contribution in [0.15, 0.2) is 58.1 Å². The molecule has 4 aromatic rings. The van der Waals surface area contributed by atoms with Gasteiger partial charge in [-0.3, -0.25) is 10.1 Å². The minimum atomic E-state index is -0.225. The van der Waals surface area contributed by atoms with Crippen LogP contribution in [0.2, 0.25) is 10.0 Å². The maximum absolute atomic E-state index is 12.9. The zero-order valence-electron chi connectivity index (χ0n) is 16.3. The highest BCUT2D eigenvalue weighted by atomic mass is 35.5. The summed E-state index contributed by atoms with van der Waals surface area (Å²) in [6.07, 6.45) is 2.37. The van der Waals surface area contributed by atoms with Crippen LogP contribution in [0.3, 0.4) is 0 Å². The quantitative estimate of drug-likeness (QED) is 0.307. The summed E-state index contributed by atoms with van der Waals surface area (Å²) in [6.45, 7) is 1.77. The average molecular weight is 491 g/mol. The highest BCUT2D eigenvalue weighted by molar-refractivity contribution is 7.98. The van der Waals surface area contributed by atoms with Gasteiger partial charge >= 0.3 is 0 Å². The van der Waals surface area contributed by atoms with E-state index in [1.807, 2.05) is 30.3 Å². The summed E-state index contributed by atoms with van der Waals surface area (Å²) in [4.78, 5) is 23.2. The summed E-state index contributed by atoms with van der Waals surface area (Å²) in [7, 11) is 0. The number of aromatic nitrogens is 3. The van der Waals surface area contributed by atoms with Crippen LogP contribution in [0.4, 0.5) is 5.13 Å². The van der Waals surface area contributed by atoms with Gasteiger partial charge in [-0.1, -0.05) is 40.5 Å². The van der Waals surface area contributed by atoms with E-state index in [4.69, 9.17) is 27.7 Å². The van der Waals surface area contributed by atoms with Crippen LogP contribution >= 0.6 is 46.3 Å². The van der Waals surface area contributed by atoms with Crippen molar-refractivity contribution >= 4 is 57.3 Å². The maximum atomic E-state index is 12.9. The third-order valence-corrected chi connectivity index (χ3v) is 6.53. The molecule has 158 valence electrons. The summed E-state index contributed by atoms with van der Waals surface area (Å²) in [5.41, 5.74) is 1.54. The van der Waals surface area contributed by atoms with Crippen LogP contribution in [0.5, 0.6) is 0 Å². The molecule has 0 saturated heterocycles. The van der Waals surface area contributed by atoms with Gasteiger partial charge in [-0.15, -0.1) is 23.1 Å². The molecule has 0 bridgehead atoms. The van der Waals surface area contributed by atoms with Gasteiger partial charge in [0.1, 0.15) is 0 Å². The van der Waals surface area contributed by atoms with E-state index in [-0.39, 0.29) is 5.91 Å². The average Bonchev–Trinajstić information content (AvgIpc) is 3.34. The summed E-state index contributed by atoms with van der Waals surface area (Å²) >= 11 is 15.0. The van der Waals surface area contributed by atoms with E-state index in [1.54, 1.807) is 25.3 Å². The largest absolute Gasteiger partial charge is 0.338 e. The number of nitrogens with zero attached hydrogens (tertiary/aromatic N) is 3. The van der Waals surface area contributed by atoms with Gasteiger partial charge in [-0.05, 0) is 42.8 Å². The lowest BCUT2D eigenvalue weighted by atomic mass is 10.1. The Kier molecular flexibility index (Phi) is 6.92. The third-order valence-electron chi connectivity index (χ3n) is 4.13. The maximum Gasteiger partial charge on any atom is 0.258 e. The highest BCUT2D eigenvalue weighted by Crippen LogP contribution is 2.28. The molecule has 6 nitrogen and oxygen atoms in total. The predicted octanol–water partition coefficient (Wildman–Crippen LogP) is 6.28. The minimum Gasteiger partial charge on any atom is -0.338 e. The Bertz CT molecular complexity index is 1210. The molecule has 0 radical (unpaired) electrons. The van der Waals surface area contributed by atoms with Crippen molar-refractivity contribution < 1.29 is 9.32 Å². The molecule has 0 unspecified atom stereocenters. The molecule has 1 amide bonds.